The van der Waals surface area contributed by atoms with Crippen LogP contribution in [0.3, 0.4) is 0 Å². The molecule has 1 aliphatic rings. The zero-order valence-electron chi connectivity index (χ0n) is 13.6. The minimum absolute atomic E-state index is 0. The molecule has 1 amide bonds. The van der Waals surface area contributed by atoms with Crippen LogP contribution in [0.5, 0.6) is 0 Å². The first kappa shape index (κ1) is 20.2. The van der Waals surface area contributed by atoms with Gasteiger partial charge in [0.2, 0.25) is 0 Å². The topological polar surface area (TPSA) is 67.2 Å². The van der Waals surface area contributed by atoms with Gasteiger partial charge in [0.15, 0.2) is 0 Å². The average Bonchev–Trinajstić information content (AvgIpc) is 3.24. The van der Waals surface area contributed by atoms with Crippen LogP contribution in [-0.4, -0.2) is 36.2 Å². The molecule has 1 fully saturated rings. The number of rotatable bonds is 3. The number of carbonyl (C=O) groups excluding carboxylic acids is 1. The van der Waals surface area contributed by atoms with Gasteiger partial charge in [-0.1, -0.05) is 12.1 Å². The molecule has 1 saturated heterocycles. The Balaban J connectivity index is 0.00000121. The van der Waals surface area contributed by atoms with Crippen LogP contribution in [0.15, 0.2) is 53.3 Å². The molecule has 0 spiro atoms. The second kappa shape index (κ2) is 8.49. The van der Waals surface area contributed by atoms with E-state index >= 15 is 0 Å². The number of carbonyl (C=O) groups is 1. The number of furan rings is 1. The van der Waals surface area contributed by atoms with Crippen LogP contribution in [-0.2, 0) is 0 Å². The lowest BCUT2D eigenvalue weighted by molar-refractivity contribution is 0.0924. The van der Waals surface area contributed by atoms with E-state index in [0.717, 1.165) is 22.2 Å². The van der Waals surface area contributed by atoms with Gasteiger partial charge in [-0.05, 0) is 24.3 Å². The third-order valence-corrected chi connectivity index (χ3v) is 4.26. The number of nitrogens with one attached hydrogen (secondary N) is 2. The van der Waals surface area contributed by atoms with Gasteiger partial charge < -0.3 is 15.1 Å². The smallest absolute Gasteiger partial charge is 0.251 e. The van der Waals surface area contributed by atoms with Gasteiger partial charge >= 0.3 is 0 Å². The van der Waals surface area contributed by atoms with Crippen LogP contribution in [0.4, 0.5) is 4.39 Å². The molecule has 5 nitrogen and oxygen atoms in total. The lowest BCUT2D eigenvalue weighted by atomic mass is 10.1. The van der Waals surface area contributed by atoms with E-state index in [4.69, 9.17) is 4.42 Å². The molecule has 0 radical (unpaired) electrons. The Morgan fingerprint density at radius 2 is 1.92 bits per heavy atom. The fourth-order valence-corrected chi connectivity index (χ4v) is 2.94. The molecule has 26 heavy (non-hydrogen) atoms. The number of nitrogens with zero attached hydrogens (tertiary/aromatic N) is 1. The summed E-state index contributed by atoms with van der Waals surface area (Å²) < 4.78 is 19.0. The maximum atomic E-state index is 13.6. The average molecular weight is 398 g/mol. The molecule has 0 unspecified atom stereocenters. The second-order valence-electron chi connectivity index (χ2n) is 5.82. The Hall–Kier alpha value is -2.15. The van der Waals surface area contributed by atoms with Gasteiger partial charge in [-0.3, -0.25) is 9.78 Å². The number of hydrogen-bond acceptors (Lipinski definition) is 4. The first-order valence-corrected chi connectivity index (χ1v) is 7.80. The monoisotopic (exact) mass is 397 g/mol. The van der Waals surface area contributed by atoms with E-state index < -0.39 is 12.2 Å². The van der Waals surface area contributed by atoms with E-state index in [1.54, 1.807) is 24.6 Å². The van der Waals surface area contributed by atoms with Gasteiger partial charge in [-0.15, -0.1) is 24.8 Å². The summed E-state index contributed by atoms with van der Waals surface area (Å²) in [6.07, 6.45) is 2.27. The summed E-state index contributed by atoms with van der Waals surface area (Å²) in [5.74, 6) is -0.271. The van der Waals surface area contributed by atoms with Crippen molar-refractivity contribution < 1.29 is 13.6 Å². The summed E-state index contributed by atoms with van der Waals surface area (Å²) in [4.78, 5) is 16.6. The summed E-state index contributed by atoms with van der Waals surface area (Å²) in [6, 6.07) is 10.3. The highest BCUT2D eigenvalue weighted by Crippen LogP contribution is 2.27. The number of aromatic nitrogens is 1. The van der Waals surface area contributed by atoms with Gasteiger partial charge in [0.05, 0.1) is 18.0 Å². The molecule has 3 heterocycles. The maximum absolute atomic E-state index is 13.6. The summed E-state index contributed by atoms with van der Waals surface area (Å²) in [5, 5.41) is 6.56. The summed E-state index contributed by atoms with van der Waals surface area (Å²) >= 11 is 0. The second-order valence-corrected chi connectivity index (χ2v) is 5.82. The molecule has 3 aromatic rings. The Morgan fingerprint density at radius 3 is 2.62 bits per heavy atom. The maximum Gasteiger partial charge on any atom is 0.251 e. The van der Waals surface area contributed by atoms with Crippen molar-refractivity contribution in [2.24, 2.45) is 0 Å². The minimum atomic E-state index is -1.05. The van der Waals surface area contributed by atoms with Gasteiger partial charge in [0, 0.05) is 35.8 Å². The fraction of sp³-hybridized carbons (Fsp3) is 0.222. The van der Waals surface area contributed by atoms with Gasteiger partial charge in [0.25, 0.3) is 5.91 Å². The van der Waals surface area contributed by atoms with Crippen LogP contribution in [0.25, 0.3) is 22.2 Å². The van der Waals surface area contributed by atoms with E-state index in [1.165, 1.54) is 0 Å². The molecule has 2 atom stereocenters. The number of fused-ring (bicyclic) bond motifs is 1. The number of hydrogen-bond donors (Lipinski definition) is 2. The number of pyridine rings is 1. The third kappa shape index (κ3) is 3.82. The molecular weight excluding hydrogens is 380 g/mol. The van der Waals surface area contributed by atoms with Crippen LogP contribution in [0, 0.1) is 0 Å². The third-order valence-electron chi connectivity index (χ3n) is 4.26. The summed E-state index contributed by atoms with van der Waals surface area (Å²) in [6.45, 7) is 0.738. The molecule has 2 aromatic heterocycles. The lowest BCUT2D eigenvalue weighted by Crippen LogP contribution is -2.41. The van der Waals surface area contributed by atoms with Gasteiger partial charge in [-0.2, -0.15) is 0 Å². The zero-order chi connectivity index (χ0) is 16.5. The highest BCUT2D eigenvalue weighted by Gasteiger charge is 2.28. The molecule has 1 aliphatic heterocycles. The Morgan fingerprint density at radius 1 is 1.15 bits per heavy atom. The van der Waals surface area contributed by atoms with Crippen LogP contribution in [0.2, 0.25) is 0 Å². The zero-order valence-corrected chi connectivity index (χ0v) is 15.3. The van der Waals surface area contributed by atoms with E-state index in [0.29, 0.717) is 12.1 Å². The highest BCUT2D eigenvalue weighted by atomic mass is 35.5. The first-order chi connectivity index (χ1) is 11.7. The van der Waals surface area contributed by atoms with E-state index in [1.807, 2.05) is 24.3 Å². The molecule has 2 N–H and O–H groups in total. The van der Waals surface area contributed by atoms with E-state index in [-0.39, 0.29) is 37.3 Å². The molecule has 0 saturated carbocycles. The van der Waals surface area contributed by atoms with Gasteiger partial charge in [-0.25, -0.2) is 4.39 Å². The highest BCUT2D eigenvalue weighted by molar-refractivity contribution is 5.96. The van der Waals surface area contributed by atoms with E-state index in [2.05, 4.69) is 15.6 Å². The van der Waals surface area contributed by atoms with Crippen molar-refractivity contribution in [1.29, 1.82) is 0 Å². The molecule has 0 aliphatic carbocycles. The summed E-state index contributed by atoms with van der Waals surface area (Å²) in [5.41, 5.74) is 2.96. The number of amides is 1. The van der Waals surface area contributed by atoms with Gasteiger partial charge in [0.1, 0.15) is 11.8 Å². The van der Waals surface area contributed by atoms with Crippen molar-refractivity contribution in [1.82, 2.24) is 15.6 Å². The lowest BCUT2D eigenvalue weighted by Gasteiger charge is -2.14. The molecule has 1 aromatic carbocycles. The normalized spacial score (nSPS) is 18.8. The number of halogens is 3. The van der Waals surface area contributed by atoms with Crippen LogP contribution < -0.4 is 10.6 Å². The van der Waals surface area contributed by atoms with E-state index in [9.17, 15) is 9.18 Å². The fourth-order valence-electron chi connectivity index (χ4n) is 2.94. The molecule has 138 valence electrons. The summed E-state index contributed by atoms with van der Waals surface area (Å²) in [7, 11) is 0. The molecule has 8 heteroatoms. The molecule has 0 bridgehead atoms. The largest absolute Gasteiger partial charge is 0.464 e. The molecular formula is C18H18Cl2FN3O2. The standard InChI is InChI=1S/C18H16FN3O2.2ClH/c19-14-9-20-10-15(14)22-18(23)12-3-1-11(2-4-12)17-13-6-8-24-16(13)5-7-21-17;;/h1-8,14-15,20H,9-10H2,(H,22,23);2*1H/t14-,15-;;/m1../s1. The number of alkyl halides is 1. The number of benzene rings is 1. The quantitative estimate of drug-likeness (QED) is 0.710. The van der Waals surface area contributed by atoms with Crippen molar-refractivity contribution in [3.8, 4) is 11.3 Å². The Bertz CT molecular complexity index is 886. The van der Waals surface area contributed by atoms with Crippen molar-refractivity contribution in [3.63, 3.8) is 0 Å². The van der Waals surface area contributed by atoms with Crippen molar-refractivity contribution in [2.45, 2.75) is 12.2 Å². The SMILES string of the molecule is Cl.Cl.O=C(N[C@@H]1CNC[C@H]1F)c1ccc(-c2nccc3occc23)cc1. The Kier molecular flexibility index (Phi) is 6.58. The molecule has 4 rings (SSSR count). The van der Waals surface area contributed by atoms with Crippen LogP contribution >= 0.6 is 24.8 Å². The van der Waals surface area contributed by atoms with Crippen LogP contribution in [0.1, 0.15) is 10.4 Å². The minimum Gasteiger partial charge on any atom is -0.464 e. The van der Waals surface area contributed by atoms with Crippen molar-refractivity contribution >= 4 is 41.7 Å². The van der Waals surface area contributed by atoms with Crippen molar-refractivity contribution in [2.75, 3.05) is 13.1 Å². The predicted molar refractivity (Wildman–Crippen MR) is 103 cm³/mol. The Labute approximate surface area is 162 Å². The first-order valence-electron chi connectivity index (χ1n) is 7.80. The van der Waals surface area contributed by atoms with Crippen molar-refractivity contribution in [3.05, 3.63) is 54.4 Å². The predicted octanol–water partition coefficient (Wildman–Crippen LogP) is 3.38.